The molecule has 8 heteroatoms. The zero-order valence-corrected chi connectivity index (χ0v) is 14.4. The molecule has 0 atom stereocenters. The molecule has 4 N–H and O–H groups in total. The Morgan fingerprint density at radius 2 is 1.96 bits per heavy atom. The largest absolute Gasteiger partial charge is 0.379 e. The molecule has 3 aromatic rings. The minimum atomic E-state index is -3.02. The zero-order valence-electron chi connectivity index (χ0n) is 13.6. The molecule has 0 aliphatic carbocycles. The second-order valence-corrected chi connectivity index (χ2v) is 7.85. The quantitative estimate of drug-likeness (QED) is 0.567. The van der Waals surface area contributed by atoms with Gasteiger partial charge in [0.2, 0.25) is 0 Å². The highest BCUT2D eigenvalue weighted by atomic mass is 32.3. The Balaban J connectivity index is 1.58. The van der Waals surface area contributed by atoms with E-state index in [1.165, 1.54) is 0 Å². The molecule has 2 aromatic heterocycles. The molecule has 1 aromatic carbocycles. The number of H-pyrrole nitrogens is 1. The zero-order chi connectivity index (χ0) is 17.3. The predicted molar refractivity (Wildman–Crippen MR) is 99.3 cm³/mol. The van der Waals surface area contributed by atoms with E-state index < -0.39 is 10.8 Å². The summed E-state index contributed by atoms with van der Waals surface area (Å²) in [6.07, 6.45) is 1.85. The number of benzene rings is 1. The highest BCUT2D eigenvalue weighted by Gasteiger charge is 2.27. The number of rotatable bonds is 4. The number of nitrogens with one attached hydrogen (secondary N) is 2. The van der Waals surface area contributed by atoms with Gasteiger partial charge in [-0.05, 0) is 36.4 Å². The number of nitrogens with zero attached hydrogens (tertiary/aromatic N) is 2. The van der Waals surface area contributed by atoms with Gasteiger partial charge in [0.1, 0.15) is 11.5 Å². The number of pyridine rings is 1. The summed E-state index contributed by atoms with van der Waals surface area (Å²) in [6, 6.07) is 13.0. The number of ether oxygens (including phenoxy) is 1. The first-order valence-corrected chi connectivity index (χ1v) is 9.56. The Bertz CT molecular complexity index is 877. The number of anilines is 2. The maximum Gasteiger partial charge on any atom is 0.139 e. The van der Waals surface area contributed by atoms with Gasteiger partial charge in [-0.15, -0.1) is 10.8 Å². The molecule has 0 unspecified atom stereocenters. The van der Waals surface area contributed by atoms with Gasteiger partial charge in [-0.3, -0.25) is 9.11 Å². The van der Waals surface area contributed by atoms with Crippen molar-refractivity contribution < 1.29 is 13.8 Å². The number of aromatic nitrogens is 2. The van der Waals surface area contributed by atoms with Crippen molar-refractivity contribution in [2.45, 2.75) is 4.90 Å². The minimum Gasteiger partial charge on any atom is -0.379 e. The Labute approximate surface area is 147 Å². The van der Waals surface area contributed by atoms with Gasteiger partial charge in [-0.25, -0.2) is 4.98 Å². The first kappa shape index (κ1) is 16.4. The highest BCUT2D eigenvalue weighted by molar-refractivity contribution is 8.22. The Hall–Kier alpha value is -2.10. The molecule has 1 aliphatic rings. The summed E-state index contributed by atoms with van der Waals surface area (Å²) in [4.78, 5) is 8.07. The predicted octanol–water partition coefficient (Wildman–Crippen LogP) is 3.66. The van der Waals surface area contributed by atoms with E-state index in [9.17, 15) is 9.11 Å². The lowest BCUT2D eigenvalue weighted by Gasteiger charge is -2.44. The van der Waals surface area contributed by atoms with E-state index in [0.29, 0.717) is 37.0 Å². The molecular weight excluding hydrogens is 340 g/mol. The van der Waals surface area contributed by atoms with Crippen molar-refractivity contribution in [3.05, 3.63) is 48.7 Å². The van der Waals surface area contributed by atoms with Gasteiger partial charge in [0.05, 0.1) is 18.1 Å². The van der Waals surface area contributed by atoms with E-state index in [4.69, 9.17) is 4.74 Å². The molecule has 0 radical (unpaired) electrons. The van der Waals surface area contributed by atoms with Crippen LogP contribution in [0.15, 0.2) is 53.6 Å². The molecule has 1 aliphatic heterocycles. The maximum absolute atomic E-state index is 10.7. The van der Waals surface area contributed by atoms with E-state index in [1.807, 2.05) is 30.5 Å². The van der Waals surface area contributed by atoms with Crippen LogP contribution in [0.4, 0.5) is 11.5 Å². The topological polar surface area (TPSA) is 93.6 Å². The van der Waals surface area contributed by atoms with Gasteiger partial charge in [0.25, 0.3) is 0 Å². The molecular formula is C17H20N4O3S. The van der Waals surface area contributed by atoms with E-state index in [1.54, 1.807) is 22.5 Å². The van der Waals surface area contributed by atoms with Crippen LogP contribution in [0.1, 0.15) is 0 Å². The van der Waals surface area contributed by atoms with Crippen molar-refractivity contribution in [1.29, 1.82) is 0 Å². The van der Waals surface area contributed by atoms with Gasteiger partial charge in [-0.2, -0.15) is 4.31 Å². The normalized spacial score (nSPS) is 16.9. The summed E-state index contributed by atoms with van der Waals surface area (Å²) < 4.78 is 28.3. The molecule has 1 saturated heterocycles. The molecule has 1 fully saturated rings. The lowest BCUT2D eigenvalue weighted by molar-refractivity contribution is 0.0685. The molecule has 132 valence electrons. The fourth-order valence-corrected chi connectivity index (χ4v) is 4.34. The maximum atomic E-state index is 10.7. The van der Waals surface area contributed by atoms with E-state index in [2.05, 4.69) is 15.3 Å². The lowest BCUT2D eigenvalue weighted by atomic mass is 10.3. The fraction of sp³-hybridized carbons (Fsp3) is 0.235. The summed E-state index contributed by atoms with van der Waals surface area (Å²) in [6.45, 7) is 2.03. The third-order valence-electron chi connectivity index (χ3n) is 4.16. The number of hydrogen-bond acceptors (Lipinski definition) is 6. The summed E-state index contributed by atoms with van der Waals surface area (Å²) in [5, 5.41) is 4.26. The Morgan fingerprint density at radius 3 is 2.80 bits per heavy atom. The van der Waals surface area contributed by atoms with Crippen molar-refractivity contribution >= 4 is 33.3 Å². The second-order valence-electron chi connectivity index (χ2n) is 5.83. The molecule has 25 heavy (non-hydrogen) atoms. The molecule has 0 saturated carbocycles. The molecule has 0 bridgehead atoms. The summed E-state index contributed by atoms with van der Waals surface area (Å²) in [5.74, 6) is 0.690. The number of morpholine rings is 1. The fourth-order valence-electron chi connectivity index (χ4n) is 2.84. The van der Waals surface area contributed by atoms with Crippen molar-refractivity contribution in [2.75, 3.05) is 31.6 Å². The standard InChI is InChI=1S/C17H20N4O3S/c22-25(23,21-8-10-24-11-9-21)15-3-1-2-14(12-15)19-16-5-4-13-6-7-18-17(13)20-16/h1-7,12,22-23H,8-11H2,(H2,18,19,20). The van der Waals surface area contributed by atoms with Crippen LogP contribution >= 0.6 is 10.8 Å². The first-order valence-electron chi connectivity index (χ1n) is 8.05. The molecule has 7 nitrogen and oxygen atoms in total. The van der Waals surface area contributed by atoms with Gasteiger partial charge in [0, 0.05) is 30.4 Å². The lowest BCUT2D eigenvalue weighted by Crippen LogP contribution is -2.38. The third kappa shape index (κ3) is 3.35. The van der Waals surface area contributed by atoms with Crippen LogP contribution in [0.3, 0.4) is 0 Å². The number of aromatic amines is 1. The molecule has 0 amide bonds. The average molecular weight is 360 g/mol. The van der Waals surface area contributed by atoms with Gasteiger partial charge >= 0.3 is 0 Å². The van der Waals surface area contributed by atoms with Gasteiger partial charge < -0.3 is 15.0 Å². The average Bonchev–Trinajstić information content (AvgIpc) is 3.10. The Morgan fingerprint density at radius 1 is 1.12 bits per heavy atom. The van der Waals surface area contributed by atoms with Crippen LogP contribution < -0.4 is 5.32 Å². The summed E-state index contributed by atoms with van der Waals surface area (Å²) >= 11 is 0. The first-order chi connectivity index (χ1) is 12.1. The van der Waals surface area contributed by atoms with E-state index in [-0.39, 0.29) is 0 Å². The highest BCUT2D eigenvalue weighted by Crippen LogP contribution is 2.52. The monoisotopic (exact) mass is 360 g/mol. The van der Waals surface area contributed by atoms with Crippen LogP contribution in [0.25, 0.3) is 11.0 Å². The summed E-state index contributed by atoms with van der Waals surface area (Å²) in [5.41, 5.74) is 1.56. The van der Waals surface area contributed by atoms with Crippen molar-refractivity contribution in [3.63, 3.8) is 0 Å². The van der Waals surface area contributed by atoms with Crippen LogP contribution in [-0.2, 0) is 4.74 Å². The van der Waals surface area contributed by atoms with Crippen LogP contribution in [0.2, 0.25) is 0 Å². The third-order valence-corrected chi connectivity index (χ3v) is 6.13. The molecule has 4 rings (SSSR count). The van der Waals surface area contributed by atoms with Crippen molar-refractivity contribution in [2.24, 2.45) is 0 Å². The van der Waals surface area contributed by atoms with Crippen LogP contribution in [0.5, 0.6) is 0 Å². The van der Waals surface area contributed by atoms with Crippen molar-refractivity contribution in [3.8, 4) is 0 Å². The SMILES string of the molecule is OS(O)(c1cccc(Nc2ccc3cc[nH]c3n2)c1)N1CCOCC1. The van der Waals surface area contributed by atoms with Crippen molar-refractivity contribution in [1.82, 2.24) is 14.3 Å². The molecule has 3 heterocycles. The number of fused-ring (bicyclic) bond motifs is 1. The van der Waals surface area contributed by atoms with Crippen LogP contribution in [-0.4, -0.2) is 49.7 Å². The number of hydrogen-bond donors (Lipinski definition) is 4. The van der Waals surface area contributed by atoms with Gasteiger partial charge in [0.15, 0.2) is 0 Å². The molecule has 0 spiro atoms. The van der Waals surface area contributed by atoms with E-state index in [0.717, 1.165) is 16.7 Å². The van der Waals surface area contributed by atoms with Gasteiger partial charge in [-0.1, -0.05) is 6.07 Å². The second kappa shape index (κ2) is 6.66. The Kier molecular flexibility index (Phi) is 4.36. The smallest absolute Gasteiger partial charge is 0.139 e. The van der Waals surface area contributed by atoms with E-state index >= 15 is 0 Å². The summed E-state index contributed by atoms with van der Waals surface area (Å²) in [7, 11) is -3.02. The van der Waals surface area contributed by atoms with Crippen LogP contribution in [0, 0.1) is 0 Å². The minimum absolute atomic E-state index is 0.486.